The molecule has 0 aromatic rings. The molecule has 0 bridgehead atoms. The van der Waals surface area contributed by atoms with E-state index in [1.807, 2.05) is 4.90 Å². The molecule has 3 aliphatic heterocycles. The zero-order valence-electron chi connectivity index (χ0n) is 36.8. The summed E-state index contributed by atoms with van der Waals surface area (Å²) in [6.45, 7) is 11.1. The van der Waals surface area contributed by atoms with E-state index in [0.717, 1.165) is 56.4 Å². The van der Waals surface area contributed by atoms with Crippen LogP contribution in [0.1, 0.15) is 240 Å². The van der Waals surface area contributed by atoms with Crippen molar-refractivity contribution in [1.29, 1.82) is 0 Å². The summed E-state index contributed by atoms with van der Waals surface area (Å²) in [7, 11) is 0. The van der Waals surface area contributed by atoms with Gasteiger partial charge in [-0.3, -0.25) is 24.6 Å². The average Bonchev–Trinajstić information content (AvgIpc) is 3.50. The van der Waals surface area contributed by atoms with E-state index in [4.69, 9.17) is 4.74 Å². The Labute approximate surface area is 342 Å². The minimum atomic E-state index is -0.952. The van der Waals surface area contributed by atoms with Gasteiger partial charge in [-0.25, -0.2) is 0 Å². The Kier molecular flexibility index (Phi) is 19.1. The maximum atomic E-state index is 14.7. The number of piperidine rings is 1. The summed E-state index contributed by atoms with van der Waals surface area (Å²) in [6.07, 6.45) is 34.7. The quantitative estimate of drug-likeness (QED) is 0.0886. The highest BCUT2D eigenvalue weighted by atomic mass is 16.6. The summed E-state index contributed by atoms with van der Waals surface area (Å²) in [4.78, 5) is 56.4. The molecule has 0 aromatic heterocycles. The highest BCUT2D eigenvalue weighted by Gasteiger charge is 2.64. The SMILES string of the molecule is CCCCCCCCCCCCCCCCCCC1CC(=O)N(NC(=O)CCN2C(=O)C3(CC(C)(C)NC(C)(C)C3)OC23CCCCCCCCCCC3)C1=O. The molecule has 9 nitrogen and oxygen atoms in total. The number of nitrogens with one attached hydrogen (secondary N) is 2. The number of hydrazine groups is 1. The minimum absolute atomic E-state index is 0.00719. The average molecular weight is 785 g/mol. The van der Waals surface area contributed by atoms with Crippen molar-refractivity contribution in [2.24, 2.45) is 5.92 Å². The number of hydrogen-bond donors (Lipinski definition) is 2. The van der Waals surface area contributed by atoms with Gasteiger partial charge in [-0.1, -0.05) is 155 Å². The van der Waals surface area contributed by atoms with Crippen molar-refractivity contribution in [3.8, 4) is 0 Å². The highest BCUT2D eigenvalue weighted by Crippen LogP contribution is 2.51. The van der Waals surface area contributed by atoms with Gasteiger partial charge < -0.3 is 15.0 Å². The van der Waals surface area contributed by atoms with Crippen LogP contribution in [0.2, 0.25) is 0 Å². The lowest BCUT2D eigenvalue weighted by atomic mass is 9.72. The number of unbranched alkanes of at least 4 members (excludes halogenated alkanes) is 15. The third kappa shape index (κ3) is 14.4. The first-order valence-electron chi connectivity index (χ1n) is 23.8. The Morgan fingerprint density at radius 2 is 1.12 bits per heavy atom. The van der Waals surface area contributed by atoms with Crippen molar-refractivity contribution >= 4 is 23.6 Å². The van der Waals surface area contributed by atoms with Crippen LogP contribution in [0.15, 0.2) is 0 Å². The molecule has 56 heavy (non-hydrogen) atoms. The number of hydrogen-bond acceptors (Lipinski definition) is 6. The van der Waals surface area contributed by atoms with Gasteiger partial charge >= 0.3 is 0 Å². The standard InChI is InChI=1S/C47H84N4O5/c1-6-7-8-9-10-11-12-13-14-15-16-17-19-22-25-28-31-39-36-41(53)51(42(39)54)48-40(52)32-35-50-43(55)46(37-44(2,3)49-45(4,5)38-46)56-47(50)33-29-26-23-20-18-21-24-27-30-34-47/h39,49H,6-38H2,1-5H3,(H,48,52). The molecule has 0 aromatic carbocycles. The van der Waals surface area contributed by atoms with Gasteiger partial charge in [0.25, 0.3) is 11.8 Å². The summed E-state index contributed by atoms with van der Waals surface area (Å²) in [5.74, 6) is -1.41. The normalized spacial score (nSPS) is 23.8. The van der Waals surface area contributed by atoms with E-state index >= 15 is 0 Å². The fourth-order valence-corrected chi connectivity index (χ4v) is 10.8. The number of carbonyl (C=O) groups is 4. The molecule has 1 unspecified atom stereocenters. The first-order chi connectivity index (χ1) is 26.8. The molecule has 4 fully saturated rings. The Morgan fingerprint density at radius 3 is 1.61 bits per heavy atom. The molecular weight excluding hydrogens is 701 g/mol. The number of amides is 4. The van der Waals surface area contributed by atoms with Crippen molar-refractivity contribution in [3.63, 3.8) is 0 Å². The van der Waals surface area contributed by atoms with Crippen LogP contribution in [0.5, 0.6) is 0 Å². The lowest BCUT2D eigenvalue weighted by molar-refractivity contribution is -0.177. The van der Waals surface area contributed by atoms with Crippen LogP contribution < -0.4 is 10.7 Å². The zero-order chi connectivity index (χ0) is 40.5. The van der Waals surface area contributed by atoms with Gasteiger partial charge in [-0.2, -0.15) is 5.01 Å². The summed E-state index contributed by atoms with van der Waals surface area (Å²) in [5.41, 5.74) is 0.360. The van der Waals surface area contributed by atoms with E-state index in [0.29, 0.717) is 19.3 Å². The van der Waals surface area contributed by atoms with E-state index in [1.165, 1.54) is 122 Å². The number of carbonyl (C=O) groups excluding carboxylic acids is 4. The molecule has 1 saturated carbocycles. The fourth-order valence-electron chi connectivity index (χ4n) is 10.8. The first-order valence-corrected chi connectivity index (χ1v) is 23.8. The maximum absolute atomic E-state index is 14.7. The molecule has 0 radical (unpaired) electrons. The predicted molar refractivity (Wildman–Crippen MR) is 226 cm³/mol. The molecule has 9 heteroatoms. The Balaban J connectivity index is 1.22. The molecule has 4 amide bonds. The van der Waals surface area contributed by atoms with Crippen molar-refractivity contribution < 1.29 is 23.9 Å². The van der Waals surface area contributed by atoms with Gasteiger partial charge in [-0.15, -0.1) is 0 Å². The van der Waals surface area contributed by atoms with Gasteiger partial charge in [0.1, 0.15) is 5.72 Å². The maximum Gasteiger partial charge on any atom is 0.257 e. The van der Waals surface area contributed by atoms with Crippen molar-refractivity contribution in [1.82, 2.24) is 20.7 Å². The second-order valence-corrected chi connectivity index (χ2v) is 19.8. The number of ether oxygens (including phenoxy) is 1. The second-order valence-electron chi connectivity index (χ2n) is 19.8. The van der Waals surface area contributed by atoms with Crippen molar-refractivity contribution in [2.75, 3.05) is 6.54 Å². The summed E-state index contributed by atoms with van der Waals surface area (Å²) in [5, 5.41) is 4.69. The smallest absolute Gasteiger partial charge is 0.257 e. The van der Waals surface area contributed by atoms with E-state index in [1.54, 1.807) is 0 Å². The van der Waals surface area contributed by atoms with E-state index in [2.05, 4.69) is 45.4 Å². The van der Waals surface area contributed by atoms with E-state index in [9.17, 15) is 19.2 Å². The van der Waals surface area contributed by atoms with Crippen LogP contribution in [-0.2, 0) is 23.9 Å². The summed E-state index contributed by atoms with van der Waals surface area (Å²) >= 11 is 0. The lowest BCUT2D eigenvalue weighted by Gasteiger charge is -2.50. The van der Waals surface area contributed by atoms with Crippen LogP contribution in [-0.4, -0.2) is 62.5 Å². The monoisotopic (exact) mass is 785 g/mol. The molecule has 1 atom stereocenters. The lowest BCUT2D eigenvalue weighted by Crippen LogP contribution is -2.65. The van der Waals surface area contributed by atoms with Gasteiger partial charge in [0, 0.05) is 49.2 Å². The van der Waals surface area contributed by atoms with E-state index in [-0.39, 0.29) is 54.1 Å². The van der Waals surface area contributed by atoms with Crippen LogP contribution in [0.25, 0.3) is 0 Å². The van der Waals surface area contributed by atoms with Gasteiger partial charge in [0.05, 0.1) is 0 Å². The third-order valence-corrected chi connectivity index (χ3v) is 13.2. The molecule has 2 spiro atoms. The van der Waals surface area contributed by atoms with Crippen molar-refractivity contribution in [2.45, 2.75) is 262 Å². The largest absolute Gasteiger partial charge is 0.339 e. The van der Waals surface area contributed by atoms with Crippen LogP contribution in [0.4, 0.5) is 0 Å². The minimum Gasteiger partial charge on any atom is -0.339 e. The molecule has 4 rings (SSSR count). The molecule has 3 heterocycles. The van der Waals surface area contributed by atoms with Crippen LogP contribution in [0, 0.1) is 5.92 Å². The molecule has 322 valence electrons. The van der Waals surface area contributed by atoms with Gasteiger partial charge in [0.2, 0.25) is 11.8 Å². The fraction of sp³-hybridized carbons (Fsp3) is 0.915. The number of imide groups is 1. The second kappa shape index (κ2) is 23.0. The topological polar surface area (TPSA) is 108 Å². The number of nitrogens with zero attached hydrogens (tertiary/aromatic N) is 2. The Hall–Kier alpha value is -2.00. The van der Waals surface area contributed by atoms with Crippen molar-refractivity contribution in [3.05, 3.63) is 0 Å². The first kappa shape index (κ1) is 46.7. The number of rotatable bonds is 21. The molecule has 3 saturated heterocycles. The van der Waals surface area contributed by atoms with Crippen LogP contribution in [0.3, 0.4) is 0 Å². The molecule has 4 aliphatic rings. The summed E-state index contributed by atoms with van der Waals surface area (Å²) < 4.78 is 7.23. The van der Waals surface area contributed by atoms with Gasteiger partial charge in [-0.05, 0) is 59.8 Å². The Morgan fingerprint density at radius 1 is 0.679 bits per heavy atom. The Bertz CT molecular complexity index is 1200. The predicted octanol–water partition coefficient (Wildman–Crippen LogP) is 11.0. The summed E-state index contributed by atoms with van der Waals surface area (Å²) in [6, 6.07) is 0. The van der Waals surface area contributed by atoms with E-state index < -0.39 is 17.2 Å². The molecule has 2 N–H and O–H groups in total. The van der Waals surface area contributed by atoms with Crippen LogP contribution >= 0.6 is 0 Å². The highest BCUT2D eigenvalue weighted by molar-refractivity contribution is 6.04. The molecule has 1 aliphatic carbocycles. The van der Waals surface area contributed by atoms with Gasteiger partial charge in [0.15, 0.2) is 5.60 Å². The molecular formula is C47H84N4O5. The zero-order valence-corrected chi connectivity index (χ0v) is 36.8. The third-order valence-electron chi connectivity index (χ3n) is 13.2.